The topological polar surface area (TPSA) is 29.5 Å². The summed E-state index contributed by atoms with van der Waals surface area (Å²) in [7, 11) is 0. The van der Waals surface area contributed by atoms with Crippen molar-refractivity contribution in [3.63, 3.8) is 0 Å². The zero-order valence-corrected chi connectivity index (χ0v) is 12.0. The second kappa shape index (κ2) is 6.74. The van der Waals surface area contributed by atoms with E-state index in [-0.39, 0.29) is 6.04 Å². The van der Waals surface area contributed by atoms with Gasteiger partial charge in [-0.2, -0.15) is 0 Å². The van der Waals surface area contributed by atoms with Crippen LogP contribution in [0.4, 0.5) is 0 Å². The molecule has 1 aliphatic carbocycles. The van der Waals surface area contributed by atoms with E-state index in [2.05, 4.69) is 15.9 Å². The number of alkyl halides is 1. The maximum Gasteiger partial charge on any atom is 0.223 e. The fourth-order valence-electron chi connectivity index (χ4n) is 2.88. The second-order valence-electron chi connectivity index (χ2n) is 5.16. The van der Waals surface area contributed by atoms with Crippen LogP contribution >= 0.6 is 15.9 Å². The van der Waals surface area contributed by atoms with Crippen molar-refractivity contribution in [3.05, 3.63) is 0 Å². The summed E-state index contributed by atoms with van der Waals surface area (Å²) in [6.45, 7) is 2.14. The average Bonchev–Trinajstić information content (AvgIpc) is 2.89. The quantitative estimate of drug-likeness (QED) is 0.747. The molecule has 0 radical (unpaired) electrons. The van der Waals surface area contributed by atoms with Crippen molar-refractivity contribution in [3.8, 4) is 0 Å². The van der Waals surface area contributed by atoms with Crippen molar-refractivity contribution in [1.29, 1.82) is 0 Å². The number of nitrogens with zero attached hydrogens (tertiary/aromatic N) is 1. The molecule has 0 aromatic heterocycles. The molecule has 0 spiro atoms. The van der Waals surface area contributed by atoms with Gasteiger partial charge in [0.1, 0.15) is 0 Å². The van der Waals surface area contributed by atoms with E-state index < -0.39 is 0 Å². The maximum absolute atomic E-state index is 12.2. The summed E-state index contributed by atoms with van der Waals surface area (Å²) in [4.78, 5) is 14.2. The van der Waals surface area contributed by atoms with Gasteiger partial charge < -0.3 is 9.64 Å². The highest BCUT2D eigenvalue weighted by molar-refractivity contribution is 9.09. The SMILES string of the molecule is O=C(CCC1CCCC1)N1CCOCC1CBr. The molecule has 17 heavy (non-hydrogen) atoms. The van der Waals surface area contributed by atoms with Crippen LogP contribution in [-0.2, 0) is 9.53 Å². The van der Waals surface area contributed by atoms with Gasteiger partial charge in [-0.3, -0.25) is 4.79 Å². The van der Waals surface area contributed by atoms with Gasteiger partial charge in [-0.1, -0.05) is 41.6 Å². The molecule has 1 saturated heterocycles. The van der Waals surface area contributed by atoms with Gasteiger partial charge in [-0.05, 0) is 12.3 Å². The highest BCUT2D eigenvalue weighted by atomic mass is 79.9. The molecule has 1 unspecified atom stereocenters. The standard InChI is InChI=1S/C13H22BrNO2/c14-9-12-10-17-8-7-15(12)13(16)6-5-11-3-1-2-4-11/h11-12H,1-10H2. The molecular weight excluding hydrogens is 282 g/mol. The molecule has 0 N–H and O–H groups in total. The summed E-state index contributed by atoms with van der Waals surface area (Å²) in [6, 6.07) is 0.236. The second-order valence-corrected chi connectivity index (χ2v) is 5.81. The van der Waals surface area contributed by atoms with Crippen LogP contribution in [0.1, 0.15) is 38.5 Å². The lowest BCUT2D eigenvalue weighted by molar-refractivity contribution is -0.139. The van der Waals surface area contributed by atoms with Crippen molar-refractivity contribution in [2.45, 2.75) is 44.6 Å². The molecule has 0 aromatic carbocycles. The summed E-state index contributed by atoms with van der Waals surface area (Å²) in [5, 5.41) is 0.822. The summed E-state index contributed by atoms with van der Waals surface area (Å²) in [5.74, 6) is 1.13. The monoisotopic (exact) mass is 303 g/mol. The van der Waals surface area contributed by atoms with Crippen LogP contribution < -0.4 is 0 Å². The van der Waals surface area contributed by atoms with Gasteiger partial charge in [0.2, 0.25) is 5.91 Å². The van der Waals surface area contributed by atoms with Crippen LogP contribution in [0.15, 0.2) is 0 Å². The molecule has 1 atom stereocenters. The Labute approximate surface area is 112 Å². The fourth-order valence-corrected chi connectivity index (χ4v) is 3.42. The lowest BCUT2D eigenvalue weighted by atomic mass is 10.0. The third-order valence-corrected chi connectivity index (χ3v) is 4.71. The van der Waals surface area contributed by atoms with Crippen LogP contribution in [0.5, 0.6) is 0 Å². The minimum atomic E-state index is 0.236. The van der Waals surface area contributed by atoms with Crippen LogP contribution in [0.3, 0.4) is 0 Å². The Morgan fingerprint density at radius 3 is 2.82 bits per heavy atom. The number of amides is 1. The summed E-state index contributed by atoms with van der Waals surface area (Å²) < 4.78 is 5.41. The van der Waals surface area contributed by atoms with Crippen LogP contribution in [-0.4, -0.2) is 41.9 Å². The third kappa shape index (κ3) is 3.68. The predicted molar refractivity (Wildman–Crippen MR) is 71.3 cm³/mol. The number of carbonyl (C=O) groups excluding carboxylic acids is 1. The van der Waals surface area contributed by atoms with E-state index in [0.717, 1.165) is 30.6 Å². The lowest BCUT2D eigenvalue weighted by Gasteiger charge is -2.34. The van der Waals surface area contributed by atoms with Crippen molar-refractivity contribution in [2.24, 2.45) is 5.92 Å². The van der Waals surface area contributed by atoms with Gasteiger partial charge >= 0.3 is 0 Å². The Morgan fingerprint density at radius 2 is 2.12 bits per heavy atom. The van der Waals surface area contributed by atoms with Gasteiger partial charge in [0.05, 0.1) is 19.3 Å². The van der Waals surface area contributed by atoms with Crippen molar-refractivity contribution in [2.75, 3.05) is 25.1 Å². The van der Waals surface area contributed by atoms with E-state index in [4.69, 9.17) is 4.74 Å². The Balaban J connectivity index is 1.76. The number of hydrogen-bond donors (Lipinski definition) is 0. The van der Waals surface area contributed by atoms with Gasteiger partial charge in [0.15, 0.2) is 0 Å². The number of carbonyl (C=O) groups is 1. The average molecular weight is 304 g/mol. The third-order valence-electron chi connectivity index (χ3n) is 3.97. The van der Waals surface area contributed by atoms with Gasteiger partial charge in [-0.25, -0.2) is 0 Å². The molecule has 98 valence electrons. The number of hydrogen-bond acceptors (Lipinski definition) is 2. The number of rotatable bonds is 4. The summed E-state index contributed by atoms with van der Waals surface area (Å²) in [6.07, 6.45) is 7.21. The molecule has 1 aliphatic heterocycles. The molecular formula is C13H22BrNO2. The molecule has 1 amide bonds. The summed E-state index contributed by atoms with van der Waals surface area (Å²) in [5.41, 5.74) is 0. The van der Waals surface area contributed by atoms with Crippen LogP contribution in [0.25, 0.3) is 0 Å². The Hall–Kier alpha value is -0.0900. The van der Waals surface area contributed by atoms with Crippen molar-refractivity contribution >= 4 is 21.8 Å². The Morgan fingerprint density at radius 1 is 1.35 bits per heavy atom. The first-order valence-electron chi connectivity index (χ1n) is 6.74. The molecule has 3 nitrogen and oxygen atoms in total. The minimum absolute atomic E-state index is 0.236. The minimum Gasteiger partial charge on any atom is -0.377 e. The highest BCUT2D eigenvalue weighted by Gasteiger charge is 2.26. The van der Waals surface area contributed by atoms with Crippen LogP contribution in [0, 0.1) is 5.92 Å². The maximum atomic E-state index is 12.2. The lowest BCUT2D eigenvalue weighted by Crippen LogP contribution is -2.49. The van der Waals surface area contributed by atoms with Gasteiger partial charge in [-0.15, -0.1) is 0 Å². The van der Waals surface area contributed by atoms with Crippen molar-refractivity contribution < 1.29 is 9.53 Å². The number of halogens is 1. The highest BCUT2D eigenvalue weighted by Crippen LogP contribution is 2.29. The van der Waals surface area contributed by atoms with Gasteiger partial charge in [0, 0.05) is 18.3 Å². The molecule has 0 aromatic rings. The molecule has 4 heteroatoms. The normalized spacial score (nSPS) is 26.4. The molecule has 1 heterocycles. The number of ether oxygens (including phenoxy) is 1. The molecule has 2 fully saturated rings. The van der Waals surface area contributed by atoms with E-state index in [9.17, 15) is 4.79 Å². The molecule has 2 aliphatic rings. The molecule has 0 bridgehead atoms. The summed E-state index contributed by atoms with van der Waals surface area (Å²) >= 11 is 3.46. The first-order valence-corrected chi connectivity index (χ1v) is 7.86. The van der Waals surface area contributed by atoms with E-state index in [1.54, 1.807) is 0 Å². The first-order chi connectivity index (χ1) is 8.31. The van der Waals surface area contributed by atoms with Crippen LogP contribution in [0.2, 0.25) is 0 Å². The number of morpholine rings is 1. The zero-order chi connectivity index (χ0) is 12.1. The Bertz CT molecular complexity index is 254. The largest absolute Gasteiger partial charge is 0.377 e. The first kappa shape index (κ1) is 13.3. The Kier molecular flexibility index (Phi) is 5.29. The van der Waals surface area contributed by atoms with E-state index in [1.807, 2.05) is 4.90 Å². The van der Waals surface area contributed by atoms with E-state index >= 15 is 0 Å². The molecule has 1 saturated carbocycles. The smallest absolute Gasteiger partial charge is 0.223 e. The molecule has 2 rings (SSSR count). The zero-order valence-electron chi connectivity index (χ0n) is 10.4. The van der Waals surface area contributed by atoms with E-state index in [0.29, 0.717) is 19.1 Å². The van der Waals surface area contributed by atoms with Gasteiger partial charge in [0.25, 0.3) is 0 Å². The fraction of sp³-hybridized carbons (Fsp3) is 0.923. The van der Waals surface area contributed by atoms with Crippen molar-refractivity contribution in [1.82, 2.24) is 4.90 Å². The predicted octanol–water partition coefficient (Wildman–Crippen LogP) is 2.58. The van der Waals surface area contributed by atoms with E-state index in [1.165, 1.54) is 25.7 Å².